The molecule has 0 unspecified atom stereocenters. The molecule has 0 atom stereocenters. The second-order valence-electron chi connectivity index (χ2n) is 7.52. The van der Waals surface area contributed by atoms with Gasteiger partial charge in [0.15, 0.2) is 5.82 Å². The number of hydrogen-bond acceptors (Lipinski definition) is 5. The van der Waals surface area contributed by atoms with E-state index in [0.29, 0.717) is 19.0 Å². The Morgan fingerprint density at radius 1 is 0.758 bits per heavy atom. The van der Waals surface area contributed by atoms with E-state index in [1.54, 1.807) is 20.2 Å². The van der Waals surface area contributed by atoms with Crippen molar-refractivity contribution in [2.24, 2.45) is 0 Å². The van der Waals surface area contributed by atoms with E-state index in [1.165, 1.54) is 0 Å². The van der Waals surface area contributed by atoms with Crippen LogP contribution in [0.1, 0.15) is 36.4 Å². The van der Waals surface area contributed by atoms with Crippen LogP contribution >= 0.6 is 7.60 Å². The van der Waals surface area contributed by atoms with E-state index in [-0.39, 0.29) is 6.16 Å². The van der Waals surface area contributed by atoms with Crippen molar-refractivity contribution in [3.05, 3.63) is 120 Å². The Hall–Kier alpha value is -3.05. The first-order valence-corrected chi connectivity index (χ1v) is 12.8. The number of benzene rings is 3. The zero-order chi connectivity index (χ0) is 23.2. The molecule has 1 heterocycles. The standard InChI is InChI=1S/C26H28N3O3P/c1-3-31-33(30,32-4-2)20-25-27-21-29(28-25)26(22-14-8-5-9-15-22,23-16-10-6-11-17-23)24-18-12-7-13-19-24/h5-19,21H,3-4,20H2,1-2H3. The molecule has 0 fully saturated rings. The summed E-state index contributed by atoms with van der Waals surface area (Å²) in [5, 5.41) is 4.83. The zero-order valence-electron chi connectivity index (χ0n) is 18.9. The van der Waals surface area contributed by atoms with E-state index < -0.39 is 13.1 Å². The van der Waals surface area contributed by atoms with E-state index in [9.17, 15) is 4.57 Å². The normalized spacial score (nSPS) is 12.1. The summed E-state index contributed by atoms with van der Waals surface area (Å²) in [7, 11) is -3.33. The maximum Gasteiger partial charge on any atom is 0.338 e. The molecule has 6 nitrogen and oxygen atoms in total. The molecule has 0 aliphatic carbocycles. The fourth-order valence-electron chi connectivity index (χ4n) is 4.16. The van der Waals surface area contributed by atoms with Crippen LogP contribution in [0.15, 0.2) is 97.3 Å². The van der Waals surface area contributed by atoms with Gasteiger partial charge < -0.3 is 9.05 Å². The highest BCUT2D eigenvalue weighted by atomic mass is 31.2. The molecule has 0 saturated carbocycles. The van der Waals surface area contributed by atoms with Crippen molar-refractivity contribution in [3.8, 4) is 0 Å². The minimum Gasteiger partial charge on any atom is -0.309 e. The summed E-state index contributed by atoms with van der Waals surface area (Å²) in [5.41, 5.74) is 2.35. The Morgan fingerprint density at radius 2 is 1.18 bits per heavy atom. The predicted molar refractivity (Wildman–Crippen MR) is 129 cm³/mol. The van der Waals surface area contributed by atoms with Crippen molar-refractivity contribution in [2.45, 2.75) is 25.5 Å². The summed E-state index contributed by atoms with van der Waals surface area (Å²) in [6.07, 6.45) is 1.71. The number of rotatable bonds is 10. The van der Waals surface area contributed by atoms with Crippen molar-refractivity contribution in [3.63, 3.8) is 0 Å². The Kier molecular flexibility index (Phi) is 7.19. The van der Waals surface area contributed by atoms with Gasteiger partial charge in [0.1, 0.15) is 18.0 Å². The van der Waals surface area contributed by atoms with Crippen molar-refractivity contribution < 1.29 is 13.6 Å². The second-order valence-corrected chi connectivity index (χ2v) is 9.57. The summed E-state index contributed by atoms with van der Waals surface area (Å²) in [6, 6.07) is 30.7. The van der Waals surface area contributed by atoms with Crippen LogP contribution in [0.4, 0.5) is 0 Å². The Morgan fingerprint density at radius 3 is 1.58 bits per heavy atom. The maximum absolute atomic E-state index is 13.1. The van der Waals surface area contributed by atoms with E-state index in [0.717, 1.165) is 16.7 Å². The molecule has 0 radical (unpaired) electrons. The van der Waals surface area contributed by atoms with Crippen LogP contribution in [0.5, 0.6) is 0 Å². The molecule has 0 spiro atoms. The lowest BCUT2D eigenvalue weighted by Crippen LogP contribution is -2.38. The van der Waals surface area contributed by atoms with Gasteiger partial charge in [-0.3, -0.25) is 4.57 Å². The molecular weight excluding hydrogens is 433 g/mol. The Bertz CT molecular complexity index is 1090. The third kappa shape index (κ3) is 4.69. The Labute approximate surface area is 194 Å². The average Bonchev–Trinajstić information content (AvgIpc) is 3.30. The molecule has 170 valence electrons. The van der Waals surface area contributed by atoms with Gasteiger partial charge in [-0.1, -0.05) is 91.0 Å². The highest BCUT2D eigenvalue weighted by molar-refractivity contribution is 7.53. The van der Waals surface area contributed by atoms with Crippen molar-refractivity contribution in [1.29, 1.82) is 0 Å². The first-order valence-electron chi connectivity index (χ1n) is 11.1. The largest absolute Gasteiger partial charge is 0.338 e. The first-order chi connectivity index (χ1) is 16.1. The first kappa shape index (κ1) is 23.1. The second kappa shape index (κ2) is 10.3. The van der Waals surface area contributed by atoms with Crippen molar-refractivity contribution in [1.82, 2.24) is 14.8 Å². The molecule has 0 aliphatic rings. The SMILES string of the molecule is CCOP(=O)(Cc1ncn(C(c2ccccc2)(c2ccccc2)c2ccccc2)n1)OCC. The van der Waals surface area contributed by atoms with Crippen molar-refractivity contribution in [2.75, 3.05) is 13.2 Å². The molecule has 0 N–H and O–H groups in total. The quantitative estimate of drug-likeness (QED) is 0.218. The summed E-state index contributed by atoms with van der Waals surface area (Å²) >= 11 is 0. The summed E-state index contributed by atoms with van der Waals surface area (Å²) in [4.78, 5) is 4.53. The van der Waals surface area contributed by atoms with Gasteiger partial charge in [-0.05, 0) is 30.5 Å². The van der Waals surface area contributed by atoms with Crippen molar-refractivity contribution >= 4 is 7.60 Å². The molecule has 0 amide bonds. The van der Waals surface area contributed by atoms with E-state index in [1.807, 2.05) is 59.3 Å². The lowest BCUT2D eigenvalue weighted by Gasteiger charge is -2.35. The summed E-state index contributed by atoms with van der Waals surface area (Å²) in [5.74, 6) is 0.410. The van der Waals surface area contributed by atoms with Crippen LogP contribution in [-0.2, 0) is 25.3 Å². The highest BCUT2D eigenvalue weighted by Gasteiger charge is 2.40. The summed E-state index contributed by atoms with van der Waals surface area (Å²) < 4.78 is 25.9. The van der Waals surface area contributed by atoms with E-state index in [2.05, 4.69) is 41.4 Å². The molecule has 4 aromatic rings. The molecular formula is C26H28N3O3P. The van der Waals surface area contributed by atoms with Crippen LogP contribution in [-0.4, -0.2) is 28.0 Å². The lowest BCUT2D eigenvalue weighted by atomic mass is 9.77. The van der Waals surface area contributed by atoms with Gasteiger partial charge in [0.05, 0.1) is 13.2 Å². The van der Waals surface area contributed by atoms with Gasteiger partial charge in [-0.25, -0.2) is 9.67 Å². The smallest absolute Gasteiger partial charge is 0.309 e. The summed E-state index contributed by atoms with van der Waals surface area (Å²) in [6.45, 7) is 4.17. The molecule has 0 aliphatic heterocycles. The van der Waals surface area contributed by atoms with Crippen LogP contribution in [0.3, 0.4) is 0 Å². The molecule has 0 saturated heterocycles. The molecule has 7 heteroatoms. The van der Waals surface area contributed by atoms with Gasteiger partial charge >= 0.3 is 7.60 Å². The predicted octanol–water partition coefficient (Wildman–Crippen LogP) is 5.88. The van der Waals surface area contributed by atoms with Gasteiger partial charge in [0.2, 0.25) is 0 Å². The van der Waals surface area contributed by atoms with Gasteiger partial charge in [0, 0.05) is 0 Å². The average molecular weight is 462 g/mol. The third-order valence-corrected chi connectivity index (χ3v) is 7.42. The molecule has 3 aromatic carbocycles. The van der Waals surface area contributed by atoms with Gasteiger partial charge in [-0.2, -0.15) is 5.10 Å². The third-order valence-electron chi connectivity index (χ3n) is 5.44. The molecule has 0 bridgehead atoms. The van der Waals surface area contributed by atoms with Gasteiger partial charge in [-0.15, -0.1) is 0 Å². The molecule has 4 rings (SSSR count). The number of nitrogens with zero attached hydrogens (tertiary/aromatic N) is 3. The molecule has 33 heavy (non-hydrogen) atoms. The minimum atomic E-state index is -3.33. The van der Waals surface area contributed by atoms with Crippen LogP contribution < -0.4 is 0 Å². The van der Waals surface area contributed by atoms with Crippen LogP contribution in [0.2, 0.25) is 0 Å². The fourth-order valence-corrected chi connectivity index (χ4v) is 5.70. The van der Waals surface area contributed by atoms with Crippen LogP contribution in [0, 0.1) is 0 Å². The topological polar surface area (TPSA) is 66.2 Å². The highest BCUT2D eigenvalue weighted by Crippen LogP contribution is 2.51. The Balaban J connectivity index is 1.91. The van der Waals surface area contributed by atoms with Gasteiger partial charge in [0.25, 0.3) is 0 Å². The zero-order valence-corrected chi connectivity index (χ0v) is 19.8. The number of aromatic nitrogens is 3. The fraction of sp³-hybridized carbons (Fsp3) is 0.231. The minimum absolute atomic E-state index is 0.0100. The monoisotopic (exact) mass is 461 g/mol. The lowest BCUT2D eigenvalue weighted by molar-refractivity contribution is 0.218. The van der Waals surface area contributed by atoms with E-state index in [4.69, 9.17) is 14.1 Å². The number of hydrogen-bond donors (Lipinski definition) is 0. The maximum atomic E-state index is 13.1. The van der Waals surface area contributed by atoms with Crippen LogP contribution in [0.25, 0.3) is 0 Å². The molecule has 1 aromatic heterocycles. The van der Waals surface area contributed by atoms with E-state index >= 15 is 0 Å².